The summed E-state index contributed by atoms with van der Waals surface area (Å²) in [7, 11) is 2.15. The number of rotatable bonds is 52. The molecule has 0 saturated carbocycles. The Balaban J connectivity index is 1.71. The number of aromatic nitrogens is 2. The molecule has 0 radical (unpaired) electrons. The first kappa shape index (κ1) is 70.0. The molecule has 0 spiro atoms. The van der Waals surface area contributed by atoms with Crippen molar-refractivity contribution in [1.29, 1.82) is 0 Å². The first-order chi connectivity index (χ1) is 37.4. The van der Waals surface area contributed by atoms with E-state index in [9.17, 15) is 19.2 Å². The quantitative estimate of drug-likeness (QED) is 0.0266. The Bertz CT molecular complexity index is 1630. The lowest BCUT2D eigenvalue weighted by molar-refractivity contribution is -0.944. The number of ether oxygens (including phenoxy) is 5. The molecule has 0 N–H and O–H groups in total. The van der Waals surface area contributed by atoms with Crippen LogP contribution in [0.2, 0.25) is 0 Å². The Morgan fingerprint density at radius 2 is 0.909 bits per heavy atom. The van der Waals surface area contributed by atoms with Gasteiger partial charge in [0.1, 0.15) is 25.5 Å². The second-order valence-corrected chi connectivity index (χ2v) is 23.8. The number of hydrogen-bond donors (Lipinski definition) is 0. The van der Waals surface area contributed by atoms with Gasteiger partial charge in [-0.1, -0.05) is 246 Å². The Labute approximate surface area is 475 Å². The van der Waals surface area contributed by atoms with Gasteiger partial charge in [-0.2, -0.15) is 4.37 Å². The highest BCUT2D eigenvalue weighted by atomic mass is 32.1. The molecule has 1 aromatic rings. The molecule has 446 valence electrons. The smallest absolute Gasteiger partial charge is 0.313 e. The van der Waals surface area contributed by atoms with Crippen molar-refractivity contribution < 1.29 is 47.3 Å². The zero-order valence-electron chi connectivity index (χ0n) is 50.6. The van der Waals surface area contributed by atoms with Crippen LogP contribution in [-0.2, 0) is 38.1 Å². The summed E-state index contributed by atoms with van der Waals surface area (Å²) in [6, 6.07) is 0. The highest BCUT2D eigenvalue weighted by Gasteiger charge is 2.37. The lowest BCUT2D eigenvalue weighted by Crippen LogP contribution is -2.55. The number of likely N-dealkylation sites (N-methyl/N-ethyl adjacent to an activating group) is 1. The molecule has 1 aliphatic rings. The van der Waals surface area contributed by atoms with Crippen molar-refractivity contribution in [3.63, 3.8) is 0 Å². The average molecular weight is 1100 g/mol. The molecule has 0 bridgehead atoms. The van der Waals surface area contributed by atoms with Gasteiger partial charge >= 0.3 is 23.9 Å². The van der Waals surface area contributed by atoms with Gasteiger partial charge in [0.15, 0.2) is 6.10 Å². The molecule has 12 nitrogen and oxygen atoms in total. The molecule has 1 aromatic heterocycles. The van der Waals surface area contributed by atoms with E-state index in [4.69, 9.17) is 23.7 Å². The molecule has 2 heterocycles. The zero-order valence-corrected chi connectivity index (χ0v) is 51.4. The minimum absolute atomic E-state index is 0.121. The minimum Gasteiger partial charge on any atom is -0.475 e. The lowest BCUT2D eigenvalue weighted by Gasteiger charge is -2.41. The van der Waals surface area contributed by atoms with E-state index in [0.29, 0.717) is 42.8 Å². The van der Waals surface area contributed by atoms with E-state index < -0.39 is 6.10 Å². The average Bonchev–Trinajstić information content (AvgIpc) is 3.90. The van der Waals surface area contributed by atoms with Crippen LogP contribution in [0.25, 0.3) is 5.57 Å². The molecule has 0 aromatic carbocycles. The molecular formula is C64H116N3O9S+. The monoisotopic (exact) mass is 1100 g/mol. The normalized spacial score (nSPS) is 15.7. The zero-order chi connectivity index (χ0) is 56.0. The number of carbonyl (C=O) groups is 4. The second-order valence-electron chi connectivity index (χ2n) is 23.3. The first-order valence-corrected chi connectivity index (χ1v) is 32.9. The highest BCUT2D eigenvalue weighted by Crippen LogP contribution is 2.32. The van der Waals surface area contributed by atoms with E-state index >= 15 is 0 Å². The van der Waals surface area contributed by atoms with E-state index in [0.717, 1.165) is 114 Å². The standard InChI is InChI=1S/C64H116N3O9S/c1-8-11-14-17-19-21-23-25-27-29-31-36-40-47-59(68)73-52-58(53-74-60(69)48-41-37-32-30-28-26-24-22-20-18-15-12-9-2)76-64(71)55(5)45-39-35-33-34-38-44-54(4)63(70)75-56(6)67(7)49-43-46-57(51-67)61-62(66-77-65-61)72-50-42-16-13-10-3/h46,54-56,58H,8-45,47-53H2,1-7H3/q+1/t54?,55?,56-,67?/m0/s1. The topological polar surface area (TPSA) is 140 Å². The summed E-state index contributed by atoms with van der Waals surface area (Å²) >= 11 is 1.18. The van der Waals surface area contributed by atoms with Crippen LogP contribution < -0.4 is 4.74 Å². The number of unbranched alkanes of at least 4 members (excludes halogenated alkanes) is 31. The molecule has 0 amide bonds. The van der Waals surface area contributed by atoms with E-state index in [1.165, 1.54) is 153 Å². The van der Waals surface area contributed by atoms with Gasteiger partial charge < -0.3 is 23.7 Å². The maximum Gasteiger partial charge on any atom is 0.313 e. The van der Waals surface area contributed by atoms with E-state index in [1.807, 2.05) is 20.8 Å². The van der Waals surface area contributed by atoms with Gasteiger partial charge in [-0.25, -0.2) is 0 Å². The van der Waals surface area contributed by atoms with Crippen LogP contribution in [-0.4, -0.2) is 89.4 Å². The van der Waals surface area contributed by atoms with Crippen molar-refractivity contribution >= 4 is 41.2 Å². The molecule has 0 fully saturated rings. The number of quaternary nitrogens is 1. The van der Waals surface area contributed by atoms with Gasteiger partial charge in [-0.05, 0) is 32.1 Å². The first-order valence-electron chi connectivity index (χ1n) is 32.1. The van der Waals surface area contributed by atoms with Crippen molar-refractivity contribution in [2.45, 2.75) is 311 Å². The fourth-order valence-corrected chi connectivity index (χ4v) is 10.8. The van der Waals surface area contributed by atoms with Crippen LogP contribution in [0.15, 0.2) is 6.08 Å². The molecule has 77 heavy (non-hydrogen) atoms. The molecule has 0 aliphatic carbocycles. The molecule has 1 aliphatic heterocycles. The Morgan fingerprint density at radius 1 is 0.519 bits per heavy atom. The fourth-order valence-electron chi connectivity index (χ4n) is 10.3. The van der Waals surface area contributed by atoms with Gasteiger partial charge in [-0.15, -0.1) is 4.37 Å². The Morgan fingerprint density at radius 3 is 1.35 bits per heavy atom. The SMILES string of the molecule is CCCCCCCCCCCCCCCC(=O)OCC(COC(=O)CCCCCCCCCCCCCCC)OC(=O)C(C)CCCCCCCC(C)C(=O)O[C@@H](C)[N+]1(C)CCC=C(c2nsnc2OCCCCCC)C1. The molecular weight excluding hydrogens is 987 g/mol. The molecule has 13 heteroatoms. The van der Waals surface area contributed by atoms with Crippen LogP contribution in [0.4, 0.5) is 0 Å². The van der Waals surface area contributed by atoms with Gasteiger partial charge in [0.2, 0.25) is 6.23 Å². The summed E-state index contributed by atoms with van der Waals surface area (Å²) in [5.41, 5.74) is 1.92. The third kappa shape index (κ3) is 35.3. The van der Waals surface area contributed by atoms with Crippen LogP contribution in [0, 0.1) is 11.8 Å². The van der Waals surface area contributed by atoms with E-state index in [-0.39, 0.29) is 55.2 Å². The second kappa shape index (κ2) is 46.7. The summed E-state index contributed by atoms with van der Waals surface area (Å²) in [6.07, 6.45) is 45.5. The maximum absolute atomic E-state index is 13.3. The van der Waals surface area contributed by atoms with Crippen LogP contribution in [0.1, 0.15) is 304 Å². The fraction of sp³-hybridized carbons (Fsp3) is 0.875. The number of esters is 4. The summed E-state index contributed by atoms with van der Waals surface area (Å²) < 4.78 is 38.9. The molecule has 4 atom stereocenters. The van der Waals surface area contributed by atoms with Crippen molar-refractivity contribution in [2.75, 3.05) is 40.0 Å². The van der Waals surface area contributed by atoms with E-state index in [1.54, 1.807) is 0 Å². The van der Waals surface area contributed by atoms with Crippen LogP contribution >= 0.6 is 11.7 Å². The predicted octanol–water partition coefficient (Wildman–Crippen LogP) is 17.6. The van der Waals surface area contributed by atoms with Crippen LogP contribution in [0.5, 0.6) is 5.88 Å². The Kier molecular flexibility index (Phi) is 42.5. The largest absolute Gasteiger partial charge is 0.475 e. The molecule has 0 saturated heterocycles. The molecule has 3 unspecified atom stereocenters. The van der Waals surface area contributed by atoms with Gasteiger partial charge in [-0.3, -0.25) is 23.7 Å². The number of carbonyl (C=O) groups excluding carboxylic acids is 4. The summed E-state index contributed by atoms with van der Waals surface area (Å²) in [5, 5.41) is 0. The Hall–Kier alpha value is -3.06. The van der Waals surface area contributed by atoms with Crippen molar-refractivity contribution in [2.24, 2.45) is 11.8 Å². The number of hydrogen-bond acceptors (Lipinski definition) is 12. The summed E-state index contributed by atoms with van der Waals surface area (Å²) in [6.45, 7) is 14.5. The van der Waals surface area contributed by atoms with Crippen molar-refractivity contribution in [1.82, 2.24) is 8.75 Å². The van der Waals surface area contributed by atoms with E-state index in [2.05, 4.69) is 42.6 Å². The number of nitrogens with zero attached hydrogens (tertiary/aromatic N) is 3. The van der Waals surface area contributed by atoms with Gasteiger partial charge in [0.05, 0.1) is 43.8 Å². The lowest BCUT2D eigenvalue weighted by atomic mass is 9.99. The van der Waals surface area contributed by atoms with Gasteiger partial charge in [0.25, 0.3) is 5.88 Å². The van der Waals surface area contributed by atoms with Crippen molar-refractivity contribution in [3.05, 3.63) is 11.8 Å². The minimum atomic E-state index is -0.842. The third-order valence-electron chi connectivity index (χ3n) is 15.9. The maximum atomic E-state index is 13.3. The highest BCUT2D eigenvalue weighted by molar-refractivity contribution is 6.99. The summed E-state index contributed by atoms with van der Waals surface area (Å²) in [5.74, 6) is -1.06. The predicted molar refractivity (Wildman–Crippen MR) is 317 cm³/mol. The van der Waals surface area contributed by atoms with Crippen LogP contribution in [0.3, 0.4) is 0 Å². The molecule has 2 rings (SSSR count). The van der Waals surface area contributed by atoms with Crippen molar-refractivity contribution in [3.8, 4) is 5.88 Å². The third-order valence-corrected chi connectivity index (χ3v) is 16.4. The summed E-state index contributed by atoms with van der Waals surface area (Å²) in [4.78, 5) is 52.2. The van der Waals surface area contributed by atoms with Gasteiger partial charge in [0, 0.05) is 31.8 Å².